The van der Waals surface area contributed by atoms with Crippen molar-refractivity contribution in [3.05, 3.63) is 18.5 Å². The minimum atomic E-state index is -0.452. The van der Waals surface area contributed by atoms with Gasteiger partial charge in [-0.25, -0.2) is 9.67 Å². The molecular weight excluding hydrogens is 310 g/mol. The molecule has 0 bridgehead atoms. The Kier molecular flexibility index (Phi) is 4.21. The van der Waals surface area contributed by atoms with Crippen molar-refractivity contribution < 1.29 is 14.3 Å². The Balaban J connectivity index is 1.62. The lowest BCUT2D eigenvalue weighted by molar-refractivity contribution is -0.164. The molecule has 0 N–H and O–H groups in total. The van der Waals surface area contributed by atoms with Gasteiger partial charge in [0.15, 0.2) is 5.82 Å². The molecule has 1 saturated carbocycles. The van der Waals surface area contributed by atoms with Crippen molar-refractivity contribution in [3.8, 4) is 17.4 Å². The Labute approximate surface area is 140 Å². The van der Waals surface area contributed by atoms with Gasteiger partial charge in [-0.15, -0.1) is 5.10 Å². The second-order valence-electron chi connectivity index (χ2n) is 6.86. The molecule has 0 saturated heterocycles. The Bertz CT molecular complexity index is 731. The Morgan fingerprint density at radius 2 is 2.08 bits per heavy atom. The van der Waals surface area contributed by atoms with E-state index in [4.69, 9.17) is 9.47 Å². The van der Waals surface area contributed by atoms with E-state index in [1.807, 2.05) is 20.8 Å². The van der Waals surface area contributed by atoms with Crippen LogP contribution in [0.2, 0.25) is 0 Å². The zero-order valence-corrected chi connectivity index (χ0v) is 14.3. The standard InChI is InChI=1S/C16H21N5O3/c1-16(2,3)24-15(22)10-7-11(8-10)21-9-12(19-20-21)14-17-6-5-13(18-14)23-4/h5-6,9-11H,7-8H2,1-4H3. The van der Waals surface area contributed by atoms with Crippen molar-refractivity contribution in [2.45, 2.75) is 45.3 Å². The summed E-state index contributed by atoms with van der Waals surface area (Å²) in [6.07, 6.45) is 4.82. The molecule has 1 aliphatic rings. The first-order valence-corrected chi connectivity index (χ1v) is 7.88. The minimum Gasteiger partial charge on any atom is -0.481 e. The van der Waals surface area contributed by atoms with Crippen molar-refractivity contribution in [1.29, 1.82) is 0 Å². The third kappa shape index (κ3) is 3.52. The van der Waals surface area contributed by atoms with Crippen LogP contribution in [-0.2, 0) is 9.53 Å². The Hall–Kier alpha value is -2.51. The van der Waals surface area contributed by atoms with Crippen LogP contribution in [0, 0.1) is 5.92 Å². The summed E-state index contributed by atoms with van der Waals surface area (Å²) in [5.74, 6) is 0.719. The number of esters is 1. The van der Waals surface area contributed by atoms with Crippen molar-refractivity contribution in [1.82, 2.24) is 25.0 Å². The van der Waals surface area contributed by atoms with E-state index in [-0.39, 0.29) is 17.9 Å². The molecule has 0 atom stereocenters. The molecule has 2 aromatic rings. The van der Waals surface area contributed by atoms with Gasteiger partial charge in [-0.05, 0) is 33.6 Å². The predicted molar refractivity (Wildman–Crippen MR) is 85.2 cm³/mol. The smallest absolute Gasteiger partial charge is 0.309 e. The maximum atomic E-state index is 12.0. The van der Waals surface area contributed by atoms with E-state index < -0.39 is 5.60 Å². The van der Waals surface area contributed by atoms with Crippen LogP contribution in [-0.4, -0.2) is 43.6 Å². The fourth-order valence-electron chi connectivity index (χ4n) is 2.52. The van der Waals surface area contributed by atoms with Gasteiger partial charge in [0, 0.05) is 12.3 Å². The minimum absolute atomic E-state index is 0.0741. The fraction of sp³-hybridized carbons (Fsp3) is 0.562. The van der Waals surface area contributed by atoms with Gasteiger partial charge in [-0.1, -0.05) is 5.21 Å². The van der Waals surface area contributed by atoms with Crippen LogP contribution in [0.5, 0.6) is 5.88 Å². The maximum Gasteiger partial charge on any atom is 0.309 e. The van der Waals surface area contributed by atoms with E-state index in [2.05, 4.69) is 20.3 Å². The van der Waals surface area contributed by atoms with Crippen LogP contribution in [0.3, 0.4) is 0 Å². The molecule has 2 aromatic heterocycles. The summed E-state index contributed by atoms with van der Waals surface area (Å²) in [6.45, 7) is 5.62. The summed E-state index contributed by atoms with van der Waals surface area (Å²) in [5.41, 5.74) is 0.126. The van der Waals surface area contributed by atoms with E-state index in [0.29, 0.717) is 30.2 Å². The molecule has 0 radical (unpaired) electrons. The number of rotatable bonds is 4. The quantitative estimate of drug-likeness (QED) is 0.791. The van der Waals surface area contributed by atoms with Crippen LogP contribution < -0.4 is 4.74 Å². The summed E-state index contributed by atoms with van der Waals surface area (Å²) < 4.78 is 12.3. The predicted octanol–water partition coefficient (Wildman–Crippen LogP) is 2.04. The van der Waals surface area contributed by atoms with E-state index in [0.717, 1.165) is 0 Å². The van der Waals surface area contributed by atoms with Gasteiger partial charge in [0.2, 0.25) is 5.88 Å². The van der Waals surface area contributed by atoms with Gasteiger partial charge < -0.3 is 9.47 Å². The average Bonchev–Trinajstić information content (AvgIpc) is 2.93. The number of ether oxygens (including phenoxy) is 2. The number of carbonyl (C=O) groups is 1. The van der Waals surface area contributed by atoms with Crippen LogP contribution in [0.1, 0.15) is 39.7 Å². The van der Waals surface area contributed by atoms with Gasteiger partial charge in [0.25, 0.3) is 0 Å². The molecule has 0 aromatic carbocycles. The third-order valence-corrected chi connectivity index (χ3v) is 3.81. The highest BCUT2D eigenvalue weighted by Gasteiger charge is 2.38. The maximum absolute atomic E-state index is 12.0. The van der Waals surface area contributed by atoms with Crippen molar-refractivity contribution in [2.24, 2.45) is 5.92 Å². The van der Waals surface area contributed by atoms with Crippen molar-refractivity contribution in [2.75, 3.05) is 7.11 Å². The molecule has 24 heavy (non-hydrogen) atoms. The number of carbonyl (C=O) groups excluding carboxylic acids is 1. The first kappa shape index (κ1) is 16.4. The van der Waals surface area contributed by atoms with Crippen molar-refractivity contribution >= 4 is 5.97 Å². The molecule has 0 amide bonds. The summed E-state index contributed by atoms with van der Waals surface area (Å²) in [4.78, 5) is 20.4. The number of aromatic nitrogens is 5. The second-order valence-corrected chi connectivity index (χ2v) is 6.86. The molecule has 1 aliphatic carbocycles. The second kappa shape index (κ2) is 6.18. The van der Waals surface area contributed by atoms with E-state index >= 15 is 0 Å². The van der Waals surface area contributed by atoms with Gasteiger partial charge in [0.05, 0.1) is 25.3 Å². The zero-order chi connectivity index (χ0) is 17.3. The largest absolute Gasteiger partial charge is 0.481 e. The van der Waals surface area contributed by atoms with E-state index in [1.165, 1.54) is 0 Å². The molecule has 8 nitrogen and oxygen atoms in total. The highest BCUT2D eigenvalue weighted by molar-refractivity contribution is 5.74. The lowest BCUT2D eigenvalue weighted by Gasteiger charge is -2.35. The average molecular weight is 331 g/mol. The number of hydrogen-bond donors (Lipinski definition) is 0. The van der Waals surface area contributed by atoms with E-state index in [1.54, 1.807) is 30.3 Å². The van der Waals surface area contributed by atoms with Gasteiger partial charge in [0.1, 0.15) is 11.3 Å². The fourth-order valence-corrected chi connectivity index (χ4v) is 2.52. The SMILES string of the molecule is COc1ccnc(-c2cn(C3CC(C(=O)OC(C)(C)C)C3)nn2)n1. The lowest BCUT2D eigenvalue weighted by atomic mass is 9.80. The molecule has 3 rings (SSSR count). The van der Waals surface area contributed by atoms with Crippen LogP contribution in [0.15, 0.2) is 18.5 Å². The molecule has 0 aliphatic heterocycles. The molecule has 0 spiro atoms. The highest BCUT2D eigenvalue weighted by Crippen LogP contribution is 2.39. The molecule has 2 heterocycles. The van der Waals surface area contributed by atoms with Gasteiger partial charge in [-0.2, -0.15) is 4.98 Å². The molecule has 0 unspecified atom stereocenters. The monoisotopic (exact) mass is 331 g/mol. The normalized spacial score (nSPS) is 20.3. The molecule has 8 heteroatoms. The summed E-state index contributed by atoms with van der Waals surface area (Å²) >= 11 is 0. The lowest BCUT2D eigenvalue weighted by Crippen LogP contribution is -2.37. The number of hydrogen-bond acceptors (Lipinski definition) is 7. The Morgan fingerprint density at radius 1 is 1.33 bits per heavy atom. The third-order valence-electron chi connectivity index (χ3n) is 3.81. The van der Waals surface area contributed by atoms with Crippen molar-refractivity contribution in [3.63, 3.8) is 0 Å². The summed E-state index contributed by atoms with van der Waals surface area (Å²) in [7, 11) is 1.55. The van der Waals surface area contributed by atoms with E-state index in [9.17, 15) is 4.79 Å². The topological polar surface area (TPSA) is 92.0 Å². The number of nitrogens with zero attached hydrogens (tertiary/aromatic N) is 5. The first-order valence-electron chi connectivity index (χ1n) is 7.88. The molecular formula is C16H21N5O3. The zero-order valence-electron chi connectivity index (χ0n) is 14.3. The summed E-state index contributed by atoms with van der Waals surface area (Å²) in [6, 6.07) is 1.82. The molecule has 1 fully saturated rings. The summed E-state index contributed by atoms with van der Waals surface area (Å²) in [5, 5.41) is 8.24. The number of methoxy groups -OCH3 is 1. The van der Waals surface area contributed by atoms with Crippen LogP contribution >= 0.6 is 0 Å². The Morgan fingerprint density at radius 3 is 2.75 bits per heavy atom. The van der Waals surface area contributed by atoms with Gasteiger partial charge in [-0.3, -0.25) is 4.79 Å². The van der Waals surface area contributed by atoms with Crippen LogP contribution in [0.25, 0.3) is 11.5 Å². The van der Waals surface area contributed by atoms with Crippen LogP contribution in [0.4, 0.5) is 0 Å². The van der Waals surface area contributed by atoms with Gasteiger partial charge >= 0.3 is 5.97 Å². The highest BCUT2D eigenvalue weighted by atomic mass is 16.6. The molecule has 128 valence electrons. The first-order chi connectivity index (χ1) is 11.4.